The van der Waals surface area contributed by atoms with Crippen LogP contribution >= 0.6 is 0 Å². The molecule has 0 radical (unpaired) electrons. The third-order valence-electron chi connectivity index (χ3n) is 4.50. The lowest BCUT2D eigenvalue weighted by atomic mass is 9.70. The molecule has 1 amide bonds. The van der Waals surface area contributed by atoms with E-state index < -0.39 is 0 Å². The lowest BCUT2D eigenvalue weighted by Crippen LogP contribution is -2.48. The Bertz CT molecular complexity index is 425. The van der Waals surface area contributed by atoms with Crippen molar-refractivity contribution in [2.45, 2.75) is 39.0 Å². The summed E-state index contributed by atoms with van der Waals surface area (Å²) < 4.78 is 0. The maximum atomic E-state index is 12.4. The van der Waals surface area contributed by atoms with Gasteiger partial charge in [-0.15, -0.1) is 0 Å². The van der Waals surface area contributed by atoms with Crippen LogP contribution in [0.5, 0.6) is 0 Å². The first-order valence-corrected chi connectivity index (χ1v) is 7.54. The number of carbonyl (C=O) groups excluding carboxylic acids is 1. The van der Waals surface area contributed by atoms with Crippen LogP contribution in [0.2, 0.25) is 0 Å². The number of nitrogens with zero attached hydrogens (tertiary/aromatic N) is 1. The summed E-state index contributed by atoms with van der Waals surface area (Å²) in [6, 6.07) is 5.84. The normalized spacial score (nSPS) is 26.2. The summed E-state index contributed by atoms with van der Waals surface area (Å²) >= 11 is 0. The SMILES string of the molecule is CC1CCC(CN)(C(=O)NCCc2ccccn2)CC1. The van der Waals surface area contributed by atoms with Crippen LogP contribution in [0.4, 0.5) is 0 Å². The summed E-state index contributed by atoms with van der Waals surface area (Å²) in [5, 5.41) is 3.05. The van der Waals surface area contributed by atoms with Gasteiger partial charge in [0, 0.05) is 31.4 Å². The predicted octanol–water partition coefficient (Wildman–Crippen LogP) is 1.90. The molecule has 1 aromatic rings. The van der Waals surface area contributed by atoms with Crippen molar-refractivity contribution in [1.29, 1.82) is 0 Å². The summed E-state index contributed by atoms with van der Waals surface area (Å²) in [5.41, 5.74) is 6.56. The maximum absolute atomic E-state index is 12.4. The van der Waals surface area contributed by atoms with Crippen LogP contribution in [0.1, 0.15) is 38.3 Å². The van der Waals surface area contributed by atoms with E-state index >= 15 is 0 Å². The van der Waals surface area contributed by atoms with Gasteiger partial charge in [0.15, 0.2) is 0 Å². The Kier molecular flexibility index (Phi) is 5.12. The lowest BCUT2D eigenvalue weighted by molar-refractivity contribution is -0.132. The van der Waals surface area contributed by atoms with E-state index in [-0.39, 0.29) is 11.3 Å². The highest BCUT2D eigenvalue weighted by Gasteiger charge is 2.39. The zero-order chi connectivity index (χ0) is 14.4. The molecular formula is C16H25N3O. The Morgan fingerprint density at radius 1 is 1.45 bits per heavy atom. The van der Waals surface area contributed by atoms with Gasteiger partial charge in [-0.25, -0.2) is 0 Å². The zero-order valence-corrected chi connectivity index (χ0v) is 12.3. The molecule has 1 aliphatic carbocycles. The second kappa shape index (κ2) is 6.84. The molecule has 1 fully saturated rings. The molecule has 1 aromatic heterocycles. The molecule has 1 heterocycles. The molecule has 3 N–H and O–H groups in total. The topological polar surface area (TPSA) is 68.0 Å². The van der Waals surface area contributed by atoms with Crippen LogP contribution in [-0.4, -0.2) is 24.0 Å². The lowest BCUT2D eigenvalue weighted by Gasteiger charge is -2.37. The van der Waals surface area contributed by atoms with Gasteiger partial charge in [0.05, 0.1) is 5.41 Å². The van der Waals surface area contributed by atoms with E-state index in [4.69, 9.17) is 5.73 Å². The molecule has 2 rings (SSSR count). The molecular weight excluding hydrogens is 250 g/mol. The van der Waals surface area contributed by atoms with Crippen molar-refractivity contribution in [3.05, 3.63) is 30.1 Å². The van der Waals surface area contributed by atoms with Gasteiger partial charge in [-0.3, -0.25) is 9.78 Å². The average molecular weight is 275 g/mol. The first-order chi connectivity index (χ1) is 9.66. The molecule has 1 saturated carbocycles. The fourth-order valence-corrected chi connectivity index (χ4v) is 2.88. The third kappa shape index (κ3) is 3.57. The summed E-state index contributed by atoms with van der Waals surface area (Å²) in [5.74, 6) is 0.846. The number of hydrogen-bond acceptors (Lipinski definition) is 3. The van der Waals surface area contributed by atoms with Crippen molar-refractivity contribution in [3.63, 3.8) is 0 Å². The number of carbonyl (C=O) groups is 1. The van der Waals surface area contributed by atoms with Gasteiger partial charge in [0.1, 0.15) is 0 Å². The van der Waals surface area contributed by atoms with Crippen molar-refractivity contribution < 1.29 is 4.79 Å². The quantitative estimate of drug-likeness (QED) is 0.862. The van der Waals surface area contributed by atoms with Crippen molar-refractivity contribution in [1.82, 2.24) is 10.3 Å². The van der Waals surface area contributed by atoms with Crippen molar-refractivity contribution >= 4 is 5.91 Å². The molecule has 0 bridgehead atoms. The second-order valence-corrected chi connectivity index (χ2v) is 5.99. The second-order valence-electron chi connectivity index (χ2n) is 5.99. The number of nitrogens with one attached hydrogen (secondary N) is 1. The number of rotatable bonds is 5. The number of nitrogens with two attached hydrogens (primary N) is 1. The molecule has 20 heavy (non-hydrogen) atoms. The largest absolute Gasteiger partial charge is 0.355 e. The van der Waals surface area contributed by atoms with E-state index in [9.17, 15) is 4.79 Å². The van der Waals surface area contributed by atoms with E-state index in [1.54, 1.807) is 6.20 Å². The van der Waals surface area contributed by atoms with Crippen molar-refractivity contribution in [2.24, 2.45) is 17.1 Å². The minimum Gasteiger partial charge on any atom is -0.355 e. The Hall–Kier alpha value is -1.42. The third-order valence-corrected chi connectivity index (χ3v) is 4.50. The fourth-order valence-electron chi connectivity index (χ4n) is 2.88. The van der Waals surface area contributed by atoms with Gasteiger partial charge < -0.3 is 11.1 Å². The van der Waals surface area contributed by atoms with Gasteiger partial charge in [0.25, 0.3) is 0 Å². The highest BCUT2D eigenvalue weighted by Crippen LogP contribution is 2.38. The smallest absolute Gasteiger partial charge is 0.227 e. The van der Waals surface area contributed by atoms with Crippen LogP contribution < -0.4 is 11.1 Å². The standard InChI is InChI=1S/C16H25N3O/c1-13-5-8-16(12-17,9-6-13)15(20)19-11-7-14-4-2-3-10-18-14/h2-4,10,13H,5-9,11-12,17H2,1H3,(H,19,20). The molecule has 0 aliphatic heterocycles. The number of aromatic nitrogens is 1. The molecule has 4 heteroatoms. The van der Waals surface area contributed by atoms with Gasteiger partial charge in [-0.2, -0.15) is 0 Å². The molecule has 0 spiro atoms. The summed E-state index contributed by atoms with van der Waals surface area (Å²) in [7, 11) is 0. The molecule has 0 aromatic carbocycles. The highest BCUT2D eigenvalue weighted by molar-refractivity contribution is 5.83. The highest BCUT2D eigenvalue weighted by atomic mass is 16.2. The van der Waals surface area contributed by atoms with Gasteiger partial charge in [0.2, 0.25) is 5.91 Å². The summed E-state index contributed by atoms with van der Waals surface area (Å²) in [4.78, 5) is 16.7. The minimum absolute atomic E-state index is 0.128. The molecule has 110 valence electrons. The Balaban J connectivity index is 1.84. The van der Waals surface area contributed by atoms with E-state index in [2.05, 4.69) is 17.2 Å². The number of pyridine rings is 1. The molecule has 1 aliphatic rings. The van der Waals surface area contributed by atoms with Crippen molar-refractivity contribution in [3.8, 4) is 0 Å². The first-order valence-electron chi connectivity index (χ1n) is 7.54. The van der Waals surface area contributed by atoms with Crippen LogP contribution in [0, 0.1) is 11.3 Å². The molecule has 0 unspecified atom stereocenters. The van der Waals surface area contributed by atoms with Gasteiger partial charge in [-0.05, 0) is 43.7 Å². The van der Waals surface area contributed by atoms with Crippen LogP contribution in [0.3, 0.4) is 0 Å². The van der Waals surface area contributed by atoms with Gasteiger partial charge in [-0.1, -0.05) is 13.0 Å². The molecule has 0 saturated heterocycles. The average Bonchev–Trinajstić information content (AvgIpc) is 2.49. The fraction of sp³-hybridized carbons (Fsp3) is 0.625. The Morgan fingerprint density at radius 2 is 2.20 bits per heavy atom. The Labute approximate surface area is 121 Å². The maximum Gasteiger partial charge on any atom is 0.227 e. The van der Waals surface area contributed by atoms with E-state index in [1.807, 2.05) is 18.2 Å². The molecule has 0 atom stereocenters. The Morgan fingerprint density at radius 3 is 2.80 bits per heavy atom. The van der Waals surface area contributed by atoms with Crippen LogP contribution in [0.25, 0.3) is 0 Å². The number of hydrogen-bond donors (Lipinski definition) is 2. The van der Waals surface area contributed by atoms with Crippen molar-refractivity contribution in [2.75, 3.05) is 13.1 Å². The summed E-state index contributed by atoms with van der Waals surface area (Å²) in [6.45, 7) is 3.34. The van der Waals surface area contributed by atoms with E-state index in [0.717, 1.165) is 43.7 Å². The number of amides is 1. The minimum atomic E-state index is -0.337. The summed E-state index contributed by atoms with van der Waals surface area (Å²) in [6.07, 6.45) is 6.58. The van der Waals surface area contributed by atoms with Crippen LogP contribution in [0.15, 0.2) is 24.4 Å². The van der Waals surface area contributed by atoms with E-state index in [1.165, 1.54) is 0 Å². The van der Waals surface area contributed by atoms with E-state index in [0.29, 0.717) is 13.1 Å². The molecule has 4 nitrogen and oxygen atoms in total. The van der Waals surface area contributed by atoms with Crippen LogP contribution in [-0.2, 0) is 11.2 Å². The zero-order valence-electron chi connectivity index (χ0n) is 12.3. The first kappa shape index (κ1) is 15.0. The monoisotopic (exact) mass is 275 g/mol. The van der Waals surface area contributed by atoms with Gasteiger partial charge >= 0.3 is 0 Å². The predicted molar refractivity (Wildman–Crippen MR) is 80.1 cm³/mol.